The first kappa shape index (κ1) is 16.0. The van der Waals surface area contributed by atoms with Crippen molar-refractivity contribution < 1.29 is 14.7 Å². The van der Waals surface area contributed by atoms with Gasteiger partial charge in [0.05, 0.1) is 11.6 Å². The minimum Gasteiger partial charge on any atom is -0.481 e. The first-order valence-electron chi connectivity index (χ1n) is 7.28. The highest BCUT2D eigenvalue weighted by Gasteiger charge is 2.19. The summed E-state index contributed by atoms with van der Waals surface area (Å²) in [5.74, 6) is -1.67. The molecule has 0 radical (unpaired) electrons. The smallest absolute Gasteiger partial charge is 0.308 e. The highest BCUT2D eigenvalue weighted by molar-refractivity contribution is 5.94. The number of nitrogens with zero attached hydrogens (tertiary/aromatic N) is 3. The second-order valence-corrected chi connectivity index (χ2v) is 5.68. The number of carboxylic acid groups (broad SMARTS) is 1. The average Bonchev–Trinajstić information content (AvgIpc) is 2.93. The van der Waals surface area contributed by atoms with Crippen LogP contribution in [0.2, 0.25) is 0 Å². The molecule has 1 N–H and O–H groups in total. The summed E-state index contributed by atoms with van der Waals surface area (Å²) >= 11 is 0. The maximum absolute atomic E-state index is 12.3. The second kappa shape index (κ2) is 6.60. The molecular weight excluding hydrogens is 282 g/mol. The number of carbonyl (C=O) groups excluding carboxylic acids is 1. The highest BCUT2D eigenvalue weighted by Crippen LogP contribution is 2.20. The van der Waals surface area contributed by atoms with Gasteiger partial charge in [0, 0.05) is 37.8 Å². The number of hydrazone groups is 1. The second-order valence-electron chi connectivity index (χ2n) is 5.68. The molecular formula is C16H21N3O3. The van der Waals surface area contributed by atoms with Gasteiger partial charge in [0.2, 0.25) is 0 Å². The lowest BCUT2D eigenvalue weighted by Gasteiger charge is -2.20. The normalized spacial score (nSPS) is 15.4. The molecule has 0 saturated heterocycles. The number of hydrogen-bond acceptors (Lipinski definition) is 4. The van der Waals surface area contributed by atoms with Gasteiger partial charge >= 0.3 is 5.97 Å². The zero-order chi connectivity index (χ0) is 16.3. The fourth-order valence-electron chi connectivity index (χ4n) is 2.33. The minimum absolute atomic E-state index is 0.180. The molecule has 1 unspecified atom stereocenters. The molecule has 1 amide bonds. The average molecular weight is 303 g/mol. The molecule has 2 rings (SSSR count). The van der Waals surface area contributed by atoms with E-state index in [0.717, 1.165) is 24.4 Å². The monoisotopic (exact) mass is 303 g/mol. The Kier molecular flexibility index (Phi) is 4.80. The Hall–Kier alpha value is -2.37. The van der Waals surface area contributed by atoms with Crippen molar-refractivity contribution in [2.75, 3.05) is 25.1 Å². The van der Waals surface area contributed by atoms with Crippen LogP contribution < -0.4 is 5.01 Å². The number of carboxylic acids is 1. The van der Waals surface area contributed by atoms with Gasteiger partial charge in [-0.2, -0.15) is 5.10 Å². The number of carbonyl (C=O) groups is 2. The molecule has 1 atom stereocenters. The number of aliphatic carboxylic acids is 1. The van der Waals surface area contributed by atoms with Crippen molar-refractivity contribution in [1.29, 1.82) is 0 Å². The molecule has 0 spiro atoms. The quantitative estimate of drug-likeness (QED) is 0.903. The maximum Gasteiger partial charge on any atom is 0.308 e. The third-order valence-corrected chi connectivity index (χ3v) is 3.71. The number of rotatable bonds is 5. The van der Waals surface area contributed by atoms with E-state index in [1.165, 1.54) is 4.90 Å². The van der Waals surface area contributed by atoms with Gasteiger partial charge in [0.25, 0.3) is 5.91 Å². The Labute approximate surface area is 130 Å². The summed E-state index contributed by atoms with van der Waals surface area (Å²) in [4.78, 5) is 24.6. The Bertz CT molecular complexity index is 595. The molecule has 1 heterocycles. The van der Waals surface area contributed by atoms with E-state index in [9.17, 15) is 9.59 Å². The summed E-state index contributed by atoms with van der Waals surface area (Å²) in [5.41, 5.74) is 2.60. The molecule has 22 heavy (non-hydrogen) atoms. The summed E-state index contributed by atoms with van der Waals surface area (Å²) in [6.07, 6.45) is 0.955. The fraction of sp³-hybridized carbons (Fsp3) is 0.438. The molecule has 118 valence electrons. The number of benzene rings is 1. The third kappa shape index (κ3) is 3.63. The molecule has 0 saturated carbocycles. The van der Waals surface area contributed by atoms with Crippen LogP contribution in [-0.2, 0) is 4.79 Å². The van der Waals surface area contributed by atoms with Crippen molar-refractivity contribution >= 4 is 23.3 Å². The molecule has 0 aliphatic carbocycles. The van der Waals surface area contributed by atoms with Crippen LogP contribution in [0.1, 0.15) is 30.6 Å². The first-order valence-corrected chi connectivity index (χ1v) is 7.28. The van der Waals surface area contributed by atoms with Gasteiger partial charge in [0.1, 0.15) is 0 Å². The largest absolute Gasteiger partial charge is 0.481 e. The Morgan fingerprint density at radius 2 is 2.00 bits per heavy atom. The van der Waals surface area contributed by atoms with Crippen molar-refractivity contribution in [3.63, 3.8) is 0 Å². The zero-order valence-electron chi connectivity index (χ0n) is 13.1. The lowest BCUT2D eigenvalue weighted by molar-refractivity contribution is -0.141. The van der Waals surface area contributed by atoms with Crippen LogP contribution in [-0.4, -0.2) is 47.7 Å². The molecule has 0 bridgehead atoms. The van der Waals surface area contributed by atoms with E-state index in [4.69, 9.17) is 5.11 Å². The molecule has 1 aromatic rings. The standard InChI is InChI=1S/C16H21N3O3/c1-11(16(21)22)10-18(3)15(20)13-4-6-14(7-5-13)19-9-8-12(2)17-19/h4-7,11H,8-10H2,1-3H3,(H,21,22). The fourth-order valence-corrected chi connectivity index (χ4v) is 2.33. The van der Waals surface area contributed by atoms with Gasteiger partial charge in [-0.1, -0.05) is 6.92 Å². The number of anilines is 1. The number of amides is 1. The van der Waals surface area contributed by atoms with Crippen LogP contribution in [0.15, 0.2) is 29.4 Å². The lowest BCUT2D eigenvalue weighted by atomic mass is 10.1. The van der Waals surface area contributed by atoms with Crippen molar-refractivity contribution in [2.45, 2.75) is 20.3 Å². The van der Waals surface area contributed by atoms with Gasteiger partial charge < -0.3 is 10.0 Å². The van der Waals surface area contributed by atoms with Gasteiger partial charge in [-0.25, -0.2) is 0 Å². The summed E-state index contributed by atoms with van der Waals surface area (Å²) in [6, 6.07) is 7.24. The van der Waals surface area contributed by atoms with Crippen LogP contribution in [0, 0.1) is 5.92 Å². The van der Waals surface area contributed by atoms with Crippen molar-refractivity contribution in [3.05, 3.63) is 29.8 Å². The van der Waals surface area contributed by atoms with E-state index in [1.807, 2.05) is 24.1 Å². The maximum atomic E-state index is 12.3. The van der Waals surface area contributed by atoms with E-state index >= 15 is 0 Å². The number of hydrogen-bond donors (Lipinski definition) is 1. The molecule has 1 aliphatic heterocycles. The zero-order valence-corrected chi connectivity index (χ0v) is 13.1. The minimum atomic E-state index is -0.905. The Balaban J connectivity index is 2.03. The van der Waals surface area contributed by atoms with Gasteiger partial charge in [-0.3, -0.25) is 14.6 Å². The van der Waals surface area contributed by atoms with E-state index in [0.29, 0.717) is 5.56 Å². The SMILES string of the molecule is CC1=NN(c2ccc(C(=O)N(C)CC(C)C(=O)O)cc2)CC1. The van der Waals surface area contributed by atoms with Gasteiger partial charge in [-0.15, -0.1) is 0 Å². The van der Waals surface area contributed by atoms with Crippen LogP contribution in [0.5, 0.6) is 0 Å². The third-order valence-electron chi connectivity index (χ3n) is 3.71. The predicted molar refractivity (Wildman–Crippen MR) is 85.3 cm³/mol. The van der Waals surface area contributed by atoms with Gasteiger partial charge in [-0.05, 0) is 31.2 Å². The van der Waals surface area contributed by atoms with Crippen molar-refractivity contribution in [2.24, 2.45) is 11.0 Å². The van der Waals surface area contributed by atoms with E-state index in [1.54, 1.807) is 26.1 Å². The molecule has 1 aromatic carbocycles. The van der Waals surface area contributed by atoms with Crippen LogP contribution in [0.25, 0.3) is 0 Å². The van der Waals surface area contributed by atoms with E-state index in [2.05, 4.69) is 5.10 Å². The summed E-state index contributed by atoms with van der Waals surface area (Å²) in [6.45, 7) is 4.63. The van der Waals surface area contributed by atoms with Crippen LogP contribution in [0.3, 0.4) is 0 Å². The van der Waals surface area contributed by atoms with Gasteiger partial charge in [0.15, 0.2) is 0 Å². The Morgan fingerprint density at radius 3 is 2.50 bits per heavy atom. The van der Waals surface area contributed by atoms with Crippen molar-refractivity contribution in [1.82, 2.24) is 4.90 Å². The molecule has 0 fully saturated rings. The first-order chi connectivity index (χ1) is 10.4. The summed E-state index contributed by atoms with van der Waals surface area (Å²) < 4.78 is 0. The highest BCUT2D eigenvalue weighted by atomic mass is 16.4. The summed E-state index contributed by atoms with van der Waals surface area (Å²) in [7, 11) is 1.61. The summed E-state index contributed by atoms with van der Waals surface area (Å²) in [5, 5.41) is 15.2. The molecule has 1 aliphatic rings. The lowest BCUT2D eigenvalue weighted by Crippen LogP contribution is -2.33. The van der Waals surface area contributed by atoms with E-state index in [-0.39, 0.29) is 12.5 Å². The van der Waals surface area contributed by atoms with Crippen LogP contribution >= 0.6 is 0 Å². The van der Waals surface area contributed by atoms with E-state index < -0.39 is 11.9 Å². The van der Waals surface area contributed by atoms with Crippen molar-refractivity contribution in [3.8, 4) is 0 Å². The predicted octanol–water partition coefficient (Wildman–Crippen LogP) is 2.07. The molecule has 0 aromatic heterocycles. The topological polar surface area (TPSA) is 73.2 Å². The van der Waals surface area contributed by atoms with Crippen LogP contribution in [0.4, 0.5) is 5.69 Å². The molecule has 6 nitrogen and oxygen atoms in total. The Morgan fingerprint density at radius 1 is 1.36 bits per heavy atom. The molecule has 6 heteroatoms.